The summed E-state index contributed by atoms with van der Waals surface area (Å²) in [5, 5.41) is 2.49. The molecule has 2 aliphatic rings. The Bertz CT molecular complexity index is 1110. The van der Waals surface area contributed by atoms with Crippen LogP contribution in [0.1, 0.15) is 43.4 Å². The molecule has 0 radical (unpaired) electrons. The maximum atomic E-state index is 13.5. The topological polar surface area (TPSA) is 47.9 Å². The number of rotatable bonds is 7. The first-order valence-electron chi connectivity index (χ1n) is 12.3. The fourth-order valence-electron chi connectivity index (χ4n) is 4.24. The molecule has 0 aromatic heterocycles. The lowest BCUT2D eigenvalue weighted by Gasteiger charge is -2.31. The van der Waals surface area contributed by atoms with E-state index in [0.29, 0.717) is 49.3 Å². The molecule has 0 spiro atoms. The first kappa shape index (κ1) is 30.1. The van der Waals surface area contributed by atoms with E-state index in [1.165, 1.54) is 0 Å². The Balaban J connectivity index is 1.61. The second-order valence-electron chi connectivity index (χ2n) is 9.01. The van der Waals surface area contributed by atoms with Gasteiger partial charge in [-0.2, -0.15) is 26.3 Å². The van der Waals surface area contributed by atoms with Crippen molar-refractivity contribution in [3.63, 3.8) is 0 Å². The molecule has 3 rings (SSSR count). The summed E-state index contributed by atoms with van der Waals surface area (Å²) >= 11 is 1.05. The van der Waals surface area contributed by atoms with Gasteiger partial charge < -0.3 is 5.32 Å². The quantitative estimate of drug-likeness (QED) is 0.327. The highest BCUT2D eigenvalue weighted by atomic mass is 32.2. The number of likely N-dealkylation sites (tertiary alicyclic amines) is 1. The van der Waals surface area contributed by atoms with Crippen LogP contribution in [0.3, 0.4) is 0 Å². The van der Waals surface area contributed by atoms with Crippen LogP contribution in [0.4, 0.5) is 31.1 Å². The summed E-state index contributed by atoms with van der Waals surface area (Å²) in [6.07, 6.45) is -6.50. The number of amidine groups is 1. The van der Waals surface area contributed by atoms with Crippen LogP contribution in [0.25, 0.3) is 0 Å². The molecule has 2 heterocycles. The minimum Gasteiger partial charge on any atom is -0.300 e. The van der Waals surface area contributed by atoms with Crippen LogP contribution in [-0.2, 0) is 18.9 Å². The highest BCUT2D eigenvalue weighted by Crippen LogP contribution is 2.38. The summed E-state index contributed by atoms with van der Waals surface area (Å²) in [5.74, 6) is 6.62. The number of thioether (sulfide) groups is 1. The van der Waals surface area contributed by atoms with E-state index in [0.717, 1.165) is 30.9 Å². The number of allylic oxidation sites excluding steroid dienone is 1. The molecule has 0 bridgehead atoms. The number of nitrogens with zero attached hydrogens (tertiary/aromatic N) is 3. The lowest BCUT2D eigenvalue weighted by Crippen LogP contribution is -2.33. The van der Waals surface area contributed by atoms with Gasteiger partial charge in [0.25, 0.3) is 5.24 Å². The molecule has 1 aromatic rings. The number of alkyl halides is 6. The van der Waals surface area contributed by atoms with E-state index in [1.807, 2.05) is 6.08 Å². The van der Waals surface area contributed by atoms with E-state index in [1.54, 1.807) is 4.90 Å². The average Bonchev–Trinajstić information content (AvgIpc) is 3.20. The van der Waals surface area contributed by atoms with Gasteiger partial charge in [0.05, 0.1) is 22.6 Å². The zero-order chi connectivity index (χ0) is 27.9. The first-order valence-corrected chi connectivity index (χ1v) is 13.2. The molecule has 5 nitrogen and oxygen atoms in total. The summed E-state index contributed by atoms with van der Waals surface area (Å²) in [6, 6.07) is 1.79. The molecule has 1 N–H and O–H groups in total. The maximum absolute atomic E-state index is 13.5. The third-order valence-electron chi connectivity index (χ3n) is 6.45. The third-order valence-corrected chi connectivity index (χ3v) is 7.29. The Hall–Kier alpha value is -2.49. The number of nitrogens with one attached hydrogen (secondary N) is 1. The van der Waals surface area contributed by atoms with E-state index in [2.05, 4.69) is 40.9 Å². The molecule has 2 aliphatic heterocycles. The zero-order valence-corrected chi connectivity index (χ0v) is 22.0. The summed E-state index contributed by atoms with van der Waals surface area (Å²) in [7, 11) is 0. The number of hydrogen-bond donors (Lipinski definition) is 1. The third kappa shape index (κ3) is 8.51. The van der Waals surface area contributed by atoms with E-state index in [4.69, 9.17) is 0 Å². The number of piperidine rings is 1. The molecule has 0 atom stereocenters. The van der Waals surface area contributed by atoms with Gasteiger partial charge in [0.1, 0.15) is 12.4 Å². The molecular weight excluding hydrogens is 530 g/mol. The average molecular weight is 561 g/mol. The fourth-order valence-corrected chi connectivity index (χ4v) is 5.06. The van der Waals surface area contributed by atoms with Crippen molar-refractivity contribution in [2.75, 3.05) is 39.3 Å². The minimum absolute atomic E-state index is 0.0927. The highest BCUT2D eigenvalue weighted by molar-refractivity contribution is 8.18. The van der Waals surface area contributed by atoms with E-state index in [9.17, 15) is 31.1 Å². The van der Waals surface area contributed by atoms with Gasteiger partial charge in [-0.05, 0) is 74.4 Å². The van der Waals surface area contributed by atoms with Crippen LogP contribution < -0.4 is 5.32 Å². The Kier molecular flexibility index (Phi) is 10.3. The van der Waals surface area contributed by atoms with Gasteiger partial charge in [0, 0.05) is 6.54 Å². The largest absolute Gasteiger partial charge is 0.416 e. The van der Waals surface area contributed by atoms with Gasteiger partial charge >= 0.3 is 12.4 Å². The Labute approximate surface area is 222 Å². The van der Waals surface area contributed by atoms with Crippen LogP contribution in [0, 0.1) is 17.8 Å². The monoisotopic (exact) mass is 560 g/mol. The molecular formula is C26H30F6N4OS. The van der Waals surface area contributed by atoms with Gasteiger partial charge in [-0.25, -0.2) is 0 Å². The normalized spacial score (nSPS) is 19.8. The van der Waals surface area contributed by atoms with Gasteiger partial charge in [-0.15, -0.1) is 0 Å². The van der Waals surface area contributed by atoms with Gasteiger partial charge in [0.15, 0.2) is 0 Å². The van der Waals surface area contributed by atoms with Gasteiger partial charge in [-0.3, -0.25) is 19.6 Å². The number of carbonyl (C=O) groups is 1. The summed E-state index contributed by atoms with van der Waals surface area (Å²) in [6.45, 7) is 7.70. The van der Waals surface area contributed by atoms with Crippen LogP contribution in [0.5, 0.6) is 0 Å². The van der Waals surface area contributed by atoms with Crippen molar-refractivity contribution in [3.05, 3.63) is 45.9 Å². The second kappa shape index (κ2) is 13.0. The molecule has 208 valence electrons. The molecule has 0 saturated carbocycles. The molecule has 0 unspecified atom stereocenters. The molecule has 12 heteroatoms. The molecule has 1 amide bonds. The first-order chi connectivity index (χ1) is 17.9. The summed E-state index contributed by atoms with van der Waals surface area (Å²) < 4.78 is 79.3. The molecule has 38 heavy (non-hydrogen) atoms. The van der Waals surface area contributed by atoms with Crippen LogP contribution >= 0.6 is 11.8 Å². The maximum Gasteiger partial charge on any atom is 0.416 e. The number of hydrogen-bond acceptors (Lipinski definition) is 5. The molecule has 2 saturated heterocycles. The summed E-state index contributed by atoms with van der Waals surface area (Å²) in [5.41, 5.74) is -2.76. The Morgan fingerprint density at radius 3 is 2.39 bits per heavy atom. The molecule has 2 fully saturated rings. The van der Waals surface area contributed by atoms with Crippen molar-refractivity contribution < 1.29 is 31.1 Å². The second-order valence-corrected chi connectivity index (χ2v) is 10.0. The standard InChI is InChI=1S/C26H30F6N4OS/c1-3-35(4-2)12-6-5-11-33-23-22(38-24(37)34-23)15-18-9-13-36(14-10-18)17-19-7-8-20(25(27,28)29)16-21(19)26(30,31)32/h7-8,15-16,18H,3-4,9-14,17H2,1-2H3,(H,33,34,37). The zero-order valence-electron chi connectivity index (χ0n) is 21.2. The predicted octanol–water partition coefficient (Wildman–Crippen LogP) is 6.02. The lowest BCUT2D eigenvalue weighted by atomic mass is 9.95. The number of halogens is 6. The Morgan fingerprint density at radius 2 is 1.79 bits per heavy atom. The van der Waals surface area contributed by atoms with E-state index >= 15 is 0 Å². The van der Waals surface area contributed by atoms with Crippen molar-refractivity contribution in [1.29, 1.82) is 0 Å². The SMILES string of the molecule is CCN(CC)CC#CCN=C1NC(=O)SC1=CC1CCN(Cc2ccc(C(F)(F)F)cc2C(F)(F)F)CC1. The molecule has 1 aromatic carbocycles. The number of benzene rings is 1. The fraction of sp³-hybridized carbons (Fsp3) is 0.538. The number of aliphatic imine (C=N–C) groups is 1. The van der Waals surface area contributed by atoms with Crippen LogP contribution in [0.15, 0.2) is 34.2 Å². The van der Waals surface area contributed by atoms with Crippen molar-refractivity contribution in [1.82, 2.24) is 15.1 Å². The van der Waals surface area contributed by atoms with Gasteiger partial charge in [-0.1, -0.05) is 37.8 Å². The smallest absolute Gasteiger partial charge is 0.300 e. The number of carbonyl (C=O) groups excluding carboxylic acids is 1. The number of amides is 1. The van der Waals surface area contributed by atoms with Crippen molar-refractivity contribution in [2.45, 2.75) is 45.6 Å². The van der Waals surface area contributed by atoms with Gasteiger partial charge in [0.2, 0.25) is 0 Å². The minimum atomic E-state index is -4.88. The Morgan fingerprint density at radius 1 is 1.11 bits per heavy atom. The van der Waals surface area contributed by atoms with Crippen molar-refractivity contribution in [3.8, 4) is 11.8 Å². The van der Waals surface area contributed by atoms with Crippen molar-refractivity contribution >= 4 is 22.8 Å². The van der Waals surface area contributed by atoms with Crippen LogP contribution in [-0.4, -0.2) is 60.1 Å². The summed E-state index contributed by atoms with van der Waals surface area (Å²) in [4.78, 5) is 21.0. The van der Waals surface area contributed by atoms with E-state index in [-0.39, 0.29) is 35.9 Å². The van der Waals surface area contributed by atoms with Crippen LogP contribution in [0.2, 0.25) is 0 Å². The highest BCUT2D eigenvalue weighted by Gasteiger charge is 2.38. The molecule has 0 aliphatic carbocycles. The predicted molar refractivity (Wildman–Crippen MR) is 137 cm³/mol. The van der Waals surface area contributed by atoms with E-state index < -0.39 is 23.5 Å². The van der Waals surface area contributed by atoms with Crippen molar-refractivity contribution in [2.24, 2.45) is 10.9 Å². The lowest BCUT2D eigenvalue weighted by molar-refractivity contribution is -0.143.